The summed E-state index contributed by atoms with van der Waals surface area (Å²) < 4.78 is 136. The first-order chi connectivity index (χ1) is 23.1. The molecule has 2 saturated heterocycles. The Labute approximate surface area is 276 Å². The summed E-state index contributed by atoms with van der Waals surface area (Å²) in [7, 11) is 1.13. The monoisotopic (exact) mass is 711 g/mol. The van der Waals surface area contributed by atoms with E-state index >= 15 is 4.39 Å². The molecule has 9 nitrogen and oxygen atoms in total. The highest BCUT2D eigenvalue weighted by molar-refractivity contribution is 5.96. The number of anilines is 2. The number of hydrogen-bond acceptors (Lipinski definition) is 9. The molecule has 3 aliphatic rings. The molecule has 0 radical (unpaired) electrons. The van der Waals surface area contributed by atoms with E-state index in [2.05, 4.69) is 30.5 Å². The second-order valence-electron chi connectivity index (χ2n) is 11.4. The van der Waals surface area contributed by atoms with Gasteiger partial charge in [-0.1, -0.05) is 13.8 Å². The first-order valence-corrected chi connectivity index (χ1v) is 15.8. The number of rotatable bonds is 2. The standard InChI is InChI=1S/C22H20F8N6O2.C7H12FN.C2H6/c1-8-13(22(28,29)30)9(7-10(31)14(8)23)16-15(24)17-12-18(36-20(35-17)37-2)33-6-5-32-4-3-11(21(25,26)27)38-19(12)34-16;8-6-4-7-2-1-3-9(7)5-6;1-2/h7,11,32H,3-6,31H2,1-2H3,(H,33,35,36);6-7H,1-5H2;1-2H3. The van der Waals surface area contributed by atoms with E-state index in [1.165, 1.54) is 12.8 Å². The Morgan fingerprint density at radius 2 is 1.71 bits per heavy atom. The van der Waals surface area contributed by atoms with Crippen LogP contribution < -0.4 is 25.8 Å². The molecule has 0 saturated carbocycles. The van der Waals surface area contributed by atoms with E-state index in [-0.39, 0.29) is 25.5 Å². The lowest BCUT2D eigenvalue weighted by molar-refractivity contribution is -0.196. The van der Waals surface area contributed by atoms with Crippen LogP contribution in [-0.4, -0.2) is 84.2 Å². The second-order valence-corrected chi connectivity index (χ2v) is 11.4. The van der Waals surface area contributed by atoms with Crippen molar-refractivity contribution < 1.29 is 49.0 Å². The fourth-order valence-corrected chi connectivity index (χ4v) is 6.05. The van der Waals surface area contributed by atoms with E-state index in [1.54, 1.807) is 0 Å². The Hall–Kier alpha value is -3.80. The molecule has 3 aromatic rings. The maximum Gasteiger partial charge on any atom is 0.425 e. The van der Waals surface area contributed by atoms with Crippen molar-refractivity contribution in [3.05, 3.63) is 28.8 Å². The number of fused-ring (bicyclic) bond motifs is 1. The first kappa shape index (κ1) is 38.0. The van der Waals surface area contributed by atoms with Crippen LogP contribution in [-0.2, 0) is 6.18 Å². The Morgan fingerprint density at radius 3 is 2.35 bits per heavy atom. The van der Waals surface area contributed by atoms with Crippen molar-refractivity contribution in [2.75, 3.05) is 50.9 Å². The van der Waals surface area contributed by atoms with Gasteiger partial charge < -0.3 is 25.8 Å². The van der Waals surface area contributed by atoms with Crippen LogP contribution in [0.5, 0.6) is 11.9 Å². The highest BCUT2D eigenvalue weighted by Crippen LogP contribution is 2.45. The van der Waals surface area contributed by atoms with Gasteiger partial charge in [0.15, 0.2) is 11.9 Å². The van der Waals surface area contributed by atoms with Crippen LogP contribution in [0.3, 0.4) is 0 Å². The lowest BCUT2D eigenvalue weighted by Gasteiger charge is -2.23. The van der Waals surface area contributed by atoms with Crippen LogP contribution in [0.1, 0.15) is 50.7 Å². The number of aromatic nitrogens is 3. The topological polar surface area (TPSA) is 110 Å². The predicted molar refractivity (Wildman–Crippen MR) is 165 cm³/mol. The van der Waals surface area contributed by atoms with Crippen LogP contribution in [0.25, 0.3) is 22.2 Å². The molecule has 4 N–H and O–H groups in total. The van der Waals surface area contributed by atoms with Crippen molar-refractivity contribution in [3.8, 4) is 23.1 Å². The van der Waals surface area contributed by atoms with Crippen molar-refractivity contribution >= 4 is 22.4 Å². The number of methoxy groups -OCH3 is 1. The van der Waals surface area contributed by atoms with Crippen molar-refractivity contribution in [3.63, 3.8) is 0 Å². The van der Waals surface area contributed by atoms with Gasteiger partial charge in [-0.2, -0.15) is 36.3 Å². The molecule has 5 heterocycles. The number of nitrogens with zero attached hydrogens (tertiary/aromatic N) is 4. The summed E-state index contributed by atoms with van der Waals surface area (Å²) in [5.41, 5.74) is -0.653. The highest BCUT2D eigenvalue weighted by atomic mass is 19.4. The smallest absolute Gasteiger partial charge is 0.425 e. The van der Waals surface area contributed by atoms with Gasteiger partial charge in [-0.05, 0) is 50.9 Å². The minimum absolute atomic E-state index is 0.112. The number of hydrogen-bond donors (Lipinski definition) is 3. The maximum absolute atomic E-state index is 15.9. The zero-order valence-corrected chi connectivity index (χ0v) is 27.3. The maximum atomic E-state index is 15.9. The van der Waals surface area contributed by atoms with Gasteiger partial charge in [0.25, 0.3) is 0 Å². The SMILES string of the molecule is CC.COc1nc2c3c(nc(-c4cc(N)c(F)c(C)c4C(F)(F)F)c(F)c3n1)OC(C(F)(F)F)CCNCCN2.FC1CC2CCCN2C1. The van der Waals surface area contributed by atoms with E-state index in [4.69, 9.17) is 15.2 Å². The predicted octanol–water partition coefficient (Wildman–Crippen LogP) is 6.82. The summed E-state index contributed by atoms with van der Waals surface area (Å²) in [4.78, 5) is 13.9. The van der Waals surface area contributed by atoms with Gasteiger partial charge in [-0.15, -0.1) is 0 Å². The van der Waals surface area contributed by atoms with E-state index in [0.29, 0.717) is 18.7 Å². The lowest BCUT2D eigenvalue weighted by atomic mass is 9.96. The number of nitrogen functional groups attached to an aromatic ring is 1. The van der Waals surface area contributed by atoms with Crippen molar-refractivity contribution in [2.24, 2.45) is 0 Å². The van der Waals surface area contributed by atoms with E-state index < -0.39 is 93.5 Å². The van der Waals surface area contributed by atoms with Crippen molar-refractivity contribution in [1.82, 2.24) is 25.2 Å². The Morgan fingerprint density at radius 1 is 1.00 bits per heavy atom. The molecule has 0 aliphatic carbocycles. The number of nitrogens with two attached hydrogens (primary N) is 1. The largest absolute Gasteiger partial charge is 0.467 e. The number of halogens is 9. The molecule has 3 aliphatic heterocycles. The van der Waals surface area contributed by atoms with Crippen molar-refractivity contribution in [2.45, 2.75) is 77.1 Å². The average Bonchev–Trinajstić information content (AvgIpc) is 3.61. The number of nitrogens with one attached hydrogen (secondary N) is 2. The summed E-state index contributed by atoms with van der Waals surface area (Å²) in [6.45, 7) is 6.80. The molecule has 6 rings (SSSR count). The fraction of sp³-hybridized carbons (Fsp3) is 0.581. The second kappa shape index (κ2) is 15.4. The van der Waals surface area contributed by atoms with Crippen LogP contribution in [0.2, 0.25) is 0 Å². The Balaban J connectivity index is 0.000000416. The van der Waals surface area contributed by atoms with Gasteiger partial charge in [0.2, 0.25) is 5.88 Å². The summed E-state index contributed by atoms with van der Waals surface area (Å²) >= 11 is 0. The quantitative estimate of drug-likeness (QED) is 0.195. The molecule has 3 unspecified atom stereocenters. The molecule has 0 bridgehead atoms. The van der Waals surface area contributed by atoms with Gasteiger partial charge in [0, 0.05) is 37.7 Å². The molecule has 2 aromatic heterocycles. The molecule has 272 valence electrons. The van der Waals surface area contributed by atoms with Gasteiger partial charge >= 0.3 is 18.4 Å². The van der Waals surface area contributed by atoms with Crippen LogP contribution in [0.4, 0.5) is 51.0 Å². The normalized spacial score (nSPS) is 21.3. The summed E-state index contributed by atoms with van der Waals surface area (Å²) in [5.74, 6) is -3.98. The highest BCUT2D eigenvalue weighted by Gasteiger charge is 2.43. The molecule has 0 amide bonds. The van der Waals surface area contributed by atoms with Crippen molar-refractivity contribution in [1.29, 1.82) is 0 Å². The minimum atomic E-state index is -5.22. The number of pyridine rings is 1. The summed E-state index contributed by atoms with van der Waals surface area (Å²) in [6, 6.07) is 0.673. The molecule has 49 heavy (non-hydrogen) atoms. The molecule has 2 fully saturated rings. The Bertz CT molecular complexity index is 1610. The minimum Gasteiger partial charge on any atom is -0.467 e. The third-order valence-electron chi connectivity index (χ3n) is 8.24. The van der Waals surface area contributed by atoms with Crippen LogP contribution >= 0.6 is 0 Å². The number of ether oxygens (including phenoxy) is 2. The van der Waals surface area contributed by atoms with Gasteiger partial charge in [0.05, 0.1) is 18.4 Å². The van der Waals surface area contributed by atoms with E-state index in [0.717, 1.165) is 27.0 Å². The molecule has 3 atom stereocenters. The van der Waals surface area contributed by atoms with E-state index in [9.17, 15) is 35.1 Å². The fourth-order valence-electron chi connectivity index (χ4n) is 6.05. The molecule has 1 aromatic carbocycles. The lowest BCUT2D eigenvalue weighted by Crippen LogP contribution is -2.37. The summed E-state index contributed by atoms with van der Waals surface area (Å²) in [6.07, 6.45) is -10.4. The first-order valence-electron chi connectivity index (χ1n) is 15.8. The molecular weight excluding hydrogens is 673 g/mol. The molecule has 0 spiro atoms. The van der Waals surface area contributed by atoms with Crippen LogP contribution in [0.15, 0.2) is 6.07 Å². The van der Waals surface area contributed by atoms with Crippen LogP contribution in [0, 0.1) is 18.6 Å². The van der Waals surface area contributed by atoms with Gasteiger partial charge in [-0.3, -0.25) is 4.90 Å². The molecular formula is C31H38F9N7O2. The van der Waals surface area contributed by atoms with Gasteiger partial charge in [0.1, 0.15) is 34.4 Å². The number of alkyl halides is 7. The summed E-state index contributed by atoms with van der Waals surface area (Å²) in [5, 5.41) is 5.11. The Kier molecular flexibility index (Phi) is 11.9. The third-order valence-corrected chi connectivity index (χ3v) is 8.24. The van der Waals surface area contributed by atoms with E-state index in [1.807, 2.05) is 13.8 Å². The zero-order valence-electron chi connectivity index (χ0n) is 27.3. The molecule has 18 heteroatoms. The number of benzene rings is 1. The zero-order chi connectivity index (χ0) is 36.3. The average molecular weight is 712 g/mol. The third kappa shape index (κ3) is 8.33. The van der Waals surface area contributed by atoms with Gasteiger partial charge in [-0.25, -0.2) is 18.2 Å².